The maximum atomic E-state index is 12.7. The number of aromatic nitrogens is 2. The molecule has 0 bridgehead atoms. The largest absolute Gasteiger partial charge is 0.483 e. The predicted octanol–water partition coefficient (Wildman–Crippen LogP) is -0.0852. The van der Waals surface area contributed by atoms with E-state index < -0.39 is 11.5 Å². The second-order valence-corrected chi connectivity index (χ2v) is 7.95. The number of piperazine rings is 1. The van der Waals surface area contributed by atoms with E-state index in [1.807, 2.05) is 9.80 Å². The standard InChI is InChI=1S/C19H31N5O3.CH2O2/c1-3-4-19(14-25)5-6-24(13-16(19)26)17-12-20-11-15(21-17)18(27)23-9-7-22(2)8-10-23;2-1-3/h11-12,16,25-26H,3-10,13-14H2,1-2H3;1H,(H,2,3)/t16-,19-;/m1./s1. The van der Waals surface area contributed by atoms with Gasteiger partial charge in [0.15, 0.2) is 0 Å². The average Bonchev–Trinajstić information content (AvgIpc) is 2.76. The lowest BCUT2D eigenvalue weighted by atomic mass is 9.73. The van der Waals surface area contributed by atoms with E-state index in [-0.39, 0.29) is 19.0 Å². The van der Waals surface area contributed by atoms with Crippen LogP contribution in [0.1, 0.15) is 36.7 Å². The van der Waals surface area contributed by atoms with Crippen LogP contribution in [0.25, 0.3) is 0 Å². The molecule has 3 heterocycles. The van der Waals surface area contributed by atoms with E-state index in [1.165, 1.54) is 6.20 Å². The zero-order chi connectivity index (χ0) is 22.1. The van der Waals surface area contributed by atoms with Crippen molar-refractivity contribution < 1.29 is 24.9 Å². The minimum Gasteiger partial charge on any atom is -0.483 e. The Morgan fingerprint density at radius 1 is 1.27 bits per heavy atom. The zero-order valence-electron chi connectivity index (χ0n) is 17.8. The third-order valence-electron chi connectivity index (χ3n) is 6.00. The highest BCUT2D eigenvalue weighted by Gasteiger charge is 2.41. The third kappa shape index (κ3) is 5.65. The first-order valence-corrected chi connectivity index (χ1v) is 10.3. The number of aliphatic hydroxyl groups is 2. The smallest absolute Gasteiger partial charge is 0.290 e. The van der Waals surface area contributed by atoms with Crippen molar-refractivity contribution in [3.05, 3.63) is 18.1 Å². The molecular weight excluding hydrogens is 390 g/mol. The topological polar surface area (TPSA) is 130 Å². The van der Waals surface area contributed by atoms with Crippen molar-refractivity contribution in [1.29, 1.82) is 0 Å². The Morgan fingerprint density at radius 2 is 1.93 bits per heavy atom. The first-order chi connectivity index (χ1) is 14.4. The van der Waals surface area contributed by atoms with Crippen molar-refractivity contribution in [1.82, 2.24) is 19.8 Å². The number of rotatable bonds is 5. The number of likely N-dealkylation sites (N-methyl/N-ethyl adjacent to an activating group) is 1. The fourth-order valence-corrected chi connectivity index (χ4v) is 4.06. The summed E-state index contributed by atoms with van der Waals surface area (Å²) in [6.45, 7) is 5.98. The van der Waals surface area contributed by atoms with Crippen molar-refractivity contribution in [2.75, 3.05) is 57.8 Å². The van der Waals surface area contributed by atoms with Gasteiger partial charge in [-0.05, 0) is 19.9 Å². The molecule has 0 spiro atoms. The quantitative estimate of drug-likeness (QED) is 0.556. The number of piperidine rings is 1. The molecule has 2 saturated heterocycles. The average molecular weight is 424 g/mol. The number of carboxylic acid groups (broad SMARTS) is 1. The van der Waals surface area contributed by atoms with Crippen molar-refractivity contribution in [2.45, 2.75) is 32.3 Å². The zero-order valence-corrected chi connectivity index (χ0v) is 17.8. The summed E-state index contributed by atoms with van der Waals surface area (Å²) in [6.07, 6.45) is 4.93. The van der Waals surface area contributed by atoms with Crippen LogP contribution in [0, 0.1) is 5.41 Å². The first-order valence-electron chi connectivity index (χ1n) is 10.3. The van der Waals surface area contributed by atoms with Crippen LogP contribution in [0.3, 0.4) is 0 Å². The highest BCUT2D eigenvalue weighted by atomic mass is 16.3. The molecule has 10 heteroatoms. The van der Waals surface area contributed by atoms with Crippen LogP contribution in [0.15, 0.2) is 12.4 Å². The summed E-state index contributed by atoms with van der Waals surface area (Å²) >= 11 is 0. The van der Waals surface area contributed by atoms with E-state index in [0.29, 0.717) is 44.1 Å². The minimum atomic E-state index is -0.630. The molecular formula is C20H33N5O5. The van der Waals surface area contributed by atoms with Gasteiger partial charge in [0.2, 0.25) is 0 Å². The van der Waals surface area contributed by atoms with Crippen LogP contribution < -0.4 is 4.90 Å². The number of amides is 1. The maximum Gasteiger partial charge on any atom is 0.290 e. The van der Waals surface area contributed by atoms with Crippen molar-refractivity contribution in [3.63, 3.8) is 0 Å². The molecule has 2 atom stereocenters. The van der Waals surface area contributed by atoms with E-state index in [0.717, 1.165) is 25.9 Å². The number of β-amino-alcohol motifs (C(OH)–C–C–N with tert-alkyl or cyclic N) is 1. The van der Waals surface area contributed by atoms with Gasteiger partial charge in [-0.3, -0.25) is 14.6 Å². The normalized spacial score (nSPS) is 24.7. The molecule has 1 amide bonds. The van der Waals surface area contributed by atoms with Gasteiger partial charge in [0.25, 0.3) is 12.4 Å². The molecule has 10 nitrogen and oxygen atoms in total. The molecule has 0 aromatic carbocycles. The summed E-state index contributed by atoms with van der Waals surface area (Å²) in [7, 11) is 2.05. The van der Waals surface area contributed by atoms with E-state index in [9.17, 15) is 15.0 Å². The van der Waals surface area contributed by atoms with Crippen LogP contribution in [-0.2, 0) is 4.79 Å². The van der Waals surface area contributed by atoms with E-state index in [2.05, 4.69) is 28.8 Å². The molecule has 0 radical (unpaired) electrons. The van der Waals surface area contributed by atoms with Gasteiger partial charge < -0.3 is 30.0 Å². The number of nitrogens with zero attached hydrogens (tertiary/aromatic N) is 5. The molecule has 3 rings (SSSR count). The Labute approximate surface area is 177 Å². The fraction of sp³-hybridized carbons (Fsp3) is 0.700. The van der Waals surface area contributed by atoms with Crippen LogP contribution in [0.4, 0.5) is 5.82 Å². The number of hydrogen-bond donors (Lipinski definition) is 3. The molecule has 0 aliphatic carbocycles. The molecule has 3 N–H and O–H groups in total. The molecule has 168 valence electrons. The highest BCUT2D eigenvalue weighted by molar-refractivity contribution is 5.92. The SMILES string of the molecule is CCC[C@]1(CO)CCN(c2cncc(C(=O)N3CCN(C)CC3)n2)C[C@H]1O.O=CO. The molecule has 0 unspecified atom stereocenters. The Hall–Kier alpha value is -2.30. The minimum absolute atomic E-state index is 0.0105. The lowest BCUT2D eigenvalue weighted by Gasteiger charge is -2.45. The Kier molecular flexibility index (Phi) is 8.94. The van der Waals surface area contributed by atoms with E-state index >= 15 is 0 Å². The summed E-state index contributed by atoms with van der Waals surface area (Å²) in [6, 6.07) is 0. The Balaban J connectivity index is 0.00000101. The van der Waals surface area contributed by atoms with Crippen LogP contribution in [0.5, 0.6) is 0 Å². The number of aliphatic hydroxyl groups excluding tert-OH is 2. The van der Waals surface area contributed by atoms with Gasteiger partial charge in [0, 0.05) is 44.7 Å². The highest BCUT2D eigenvalue weighted by Crippen LogP contribution is 2.37. The van der Waals surface area contributed by atoms with Gasteiger partial charge in [-0.2, -0.15) is 0 Å². The second-order valence-electron chi connectivity index (χ2n) is 7.95. The summed E-state index contributed by atoms with van der Waals surface area (Å²) < 4.78 is 0. The Bertz CT molecular complexity index is 698. The van der Waals surface area contributed by atoms with Crippen molar-refractivity contribution >= 4 is 18.2 Å². The number of anilines is 1. The molecule has 2 aliphatic rings. The molecule has 1 aromatic heterocycles. The maximum absolute atomic E-state index is 12.7. The summed E-state index contributed by atoms with van der Waals surface area (Å²) in [5.74, 6) is 0.516. The number of carbonyl (C=O) groups is 2. The summed E-state index contributed by atoms with van der Waals surface area (Å²) in [4.78, 5) is 35.8. The molecule has 2 fully saturated rings. The number of carbonyl (C=O) groups excluding carboxylic acids is 1. The van der Waals surface area contributed by atoms with E-state index in [4.69, 9.17) is 9.90 Å². The van der Waals surface area contributed by atoms with Gasteiger partial charge in [-0.1, -0.05) is 13.3 Å². The van der Waals surface area contributed by atoms with Gasteiger partial charge in [-0.15, -0.1) is 0 Å². The fourth-order valence-electron chi connectivity index (χ4n) is 4.06. The van der Waals surface area contributed by atoms with Crippen LogP contribution in [-0.4, -0.2) is 106 Å². The second kappa shape index (κ2) is 11.2. The predicted molar refractivity (Wildman–Crippen MR) is 111 cm³/mol. The van der Waals surface area contributed by atoms with E-state index in [1.54, 1.807) is 6.20 Å². The lowest BCUT2D eigenvalue weighted by molar-refractivity contribution is -0.122. The summed E-state index contributed by atoms with van der Waals surface area (Å²) in [5, 5.41) is 27.4. The lowest BCUT2D eigenvalue weighted by Crippen LogP contribution is -2.53. The van der Waals surface area contributed by atoms with Gasteiger partial charge >= 0.3 is 0 Å². The monoisotopic (exact) mass is 423 g/mol. The van der Waals surface area contributed by atoms with Gasteiger partial charge in [0.05, 0.1) is 25.1 Å². The summed E-state index contributed by atoms with van der Waals surface area (Å²) in [5.41, 5.74) is -0.0922. The molecule has 30 heavy (non-hydrogen) atoms. The number of hydrogen-bond acceptors (Lipinski definition) is 8. The van der Waals surface area contributed by atoms with Crippen molar-refractivity contribution in [2.24, 2.45) is 5.41 Å². The van der Waals surface area contributed by atoms with Crippen molar-refractivity contribution in [3.8, 4) is 0 Å². The molecule has 1 aromatic rings. The Morgan fingerprint density at radius 3 is 2.50 bits per heavy atom. The van der Waals surface area contributed by atoms with Gasteiger partial charge in [0.1, 0.15) is 11.5 Å². The van der Waals surface area contributed by atoms with Crippen LogP contribution in [0.2, 0.25) is 0 Å². The molecule has 0 saturated carbocycles. The first kappa shape index (κ1) is 24.0. The third-order valence-corrected chi connectivity index (χ3v) is 6.00. The molecule has 2 aliphatic heterocycles. The van der Waals surface area contributed by atoms with Crippen LogP contribution >= 0.6 is 0 Å². The van der Waals surface area contributed by atoms with Gasteiger partial charge in [-0.25, -0.2) is 4.98 Å².